The summed E-state index contributed by atoms with van der Waals surface area (Å²) in [5, 5.41) is 14.9. The maximum absolute atomic E-state index is 11.8. The maximum Gasteiger partial charge on any atom is 0.238 e. The fraction of sp³-hybridized carbons (Fsp3) is 0. The lowest BCUT2D eigenvalue weighted by Crippen LogP contribution is -2.21. The number of nitrogens with zero attached hydrogens (tertiary/aromatic N) is 1. The first kappa shape index (κ1) is 15.1. The molecule has 0 aliphatic rings. The molecule has 0 fully saturated rings. The van der Waals surface area contributed by atoms with Crippen molar-refractivity contribution in [2.24, 2.45) is 10.9 Å². The molecular formula is C16H14N4O2S. The van der Waals surface area contributed by atoms with Crippen LogP contribution in [0.25, 0.3) is 21.9 Å². The summed E-state index contributed by atoms with van der Waals surface area (Å²) in [5.74, 6) is -0.351. The Labute approximate surface area is 133 Å². The van der Waals surface area contributed by atoms with Gasteiger partial charge in [0, 0.05) is 23.3 Å². The number of hydrogen-bond acceptors (Lipinski definition) is 4. The summed E-state index contributed by atoms with van der Waals surface area (Å²) in [4.78, 5) is 3.92. The first-order valence-corrected chi connectivity index (χ1v) is 8.27. The minimum absolute atomic E-state index is 0.109. The van der Waals surface area contributed by atoms with Gasteiger partial charge in [-0.1, -0.05) is 24.3 Å². The van der Waals surface area contributed by atoms with Gasteiger partial charge in [0.1, 0.15) is 5.84 Å². The van der Waals surface area contributed by atoms with Crippen LogP contribution >= 0.6 is 0 Å². The highest BCUT2D eigenvalue weighted by Crippen LogP contribution is 2.30. The van der Waals surface area contributed by atoms with E-state index in [0.29, 0.717) is 5.56 Å². The molecule has 3 aromatic rings. The van der Waals surface area contributed by atoms with Crippen molar-refractivity contribution in [3.05, 3.63) is 60.4 Å². The van der Waals surface area contributed by atoms with Gasteiger partial charge in [0.25, 0.3) is 0 Å². The molecule has 0 saturated carbocycles. The Bertz CT molecular complexity index is 1030. The number of aromatic nitrogens is 1. The van der Waals surface area contributed by atoms with Crippen LogP contribution in [0.15, 0.2) is 59.8 Å². The van der Waals surface area contributed by atoms with Gasteiger partial charge < -0.3 is 5.73 Å². The molecular weight excluding hydrogens is 312 g/mol. The first-order chi connectivity index (χ1) is 10.9. The third-order valence-electron chi connectivity index (χ3n) is 3.55. The molecule has 3 rings (SSSR count). The van der Waals surface area contributed by atoms with Crippen molar-refractivity contribution in [3.8, 4) is 11.1 Å². The monoisotopic (exact) mass is 326 g/mol. The van der Waals surface area contributed by atoms with Gasteiger partial charge in [-0.05, 0) is 34.7 Å². The van der Waals surface area contributed by atoms with Gasteiger partial charge in [-0.3, -0.25) is 10.4 Å². The number of nitrogens with one attached hydrogen (secondary N) is 1. The van der Waals surface area contributed by atoms with Gasteiger partial charge in [0.15, 0.2) is 0 Å². The van der Waals surface area contributed by atoms with E-state index in [1.807, 2.05) is 24.3 Å². The predicted molar refractivity (Wildman–Crippen MR) is 89.6 cm³/mol. The molecule has 5 N–H and O–H groups in total. The Morgan fingerprint density at radius 1 is 1.09 bits per heavy atom. The molecule has 0 bridgehead atoms. The van der Waals surface area contributed by atoms with Crippen LogP contribution < -0.4 is 10.9 Å². The van der Waals surface area contributed by atoms with Crippen LogP contribution in [0.5, 0.6) is 0 Å². The standard InChI is InChI=1S/C16H14N4O2S/c17-16(18)15-13(2-1-3-14(15)23(19,21)22)11-5-4-10-6-7-20-9-12(10)8-11/h1-9H,(H3,17,18)(H2,19,21,22). The Kier molecular flexibility index (Phi) is 3.59. The minimum Gasteiger partial charge on any atom is -0.384 e. The lowest BCUT2D eigenvalue weighted by molar-refractivity contribution is 0.597. The van der Waals surface area contributed by atoms with E-state index >= 15 is 0 Å². The number of primary sulfonamides is 1. The zero-order valence-corrected chi connectivity index (χ0v) is 12.8. The van der Waals surface area contributed by atoms with Crippen LogP contribution in [0.4, 0.5) is 0 Å². The third kappa shape index (κ3) is 2.79. The molecule has 0 amide bonds. The average molecular weight is 326 g/mol. The third-order valence-corrected chi connectivity index (χ3v) is 4.51. The van der Waals surface area contributed by atoms with Crippen molar-refractivity contribution in [3.63, 3.8) is 0 Å². The highest BCUT2D eigenvalue weighted by Gasteiger charge is 2.20. The molecule has 0 spiro atoms. The minimum atomic E-state index is -3.98. The molecule has 2 aromatic carbocycles. The normalized spacial score (nSPS) is 11.5. The average Bonchev–Trinajstić information content (AvgIpc) is 2.52. The molecule has 0 atom stereocenters. The van der Waals surface area contributed by atoms with Gasteiger partial charge in [-0.2, -0.15) is 0 Å². The summed E-state index contributed by atoms with van der Waals surface area (Å²) in [6, 6.07) is 12.1. The van der Waals surface area contributed by atoms with E-state index < -0.39 is 10.0 Å². The Morgan fingerprint density at radius 3 is 2.57 bits per heavy atom. The van der Waals surface area contributed by atoms with E-state index in [4.69, 9.17) is 16.3 Å². The number of nitrogens with two attached hydrogens (primary N) is 2. The number of hydrogen-bond donors (Lipinski definition) is 3. The first-order valence-electron chi connectivity index (χ1n) is 6.72. The van der Waals surface area contributed by atoms with Gasteiger partial charge in [0.05, 0.1) is 4.90 Å². The van der Waals surface area contributed by atoms with Crippen LogP contribution in [0.2, 0.25) is 0 Å². The van der Waals surface area contributed by atoms with E-state index in [9.17, 15) is 8.42 Å². The maximum atomic E-state index is 11.8. The zero-order valence-electron chi connectivity index (χ0n) is 12.0. The molecule has 0 unspecified atom stereocenters. The Hall–Kier alpha value is -2.77. The van der Waals surface area contributed by atoms with Crippen LogP contribution in [0.3, 0.4) is 0 Å². The topological polar surface area (TPSA) is 123 Å². The molecule has 7 heteroatoms. The molecule has 1 aromatic heterocycles. The number of pyridine rings is 1. The Morgan fingerprint density at radius 2 is 1.87 bits per heavy atom. The quantitative estimate of drug-likeness (QED) is 0.502. The number of nitrogen functional groups attached to an aromatic ring is 1. The number of fused-ring (bicyclic) bond motifs is 1. The van der Waals surface area contributed by atoms with Crippen molar-refractivity contribution in [1.82, 2.24) is 4.98 Å². The van der Waals surface area contributed by atoms with E-state index in [0.717, 1.165) is 16.3 Å². The lowest BCUT2D eigenvalue weighted by Gasteiger charge is -2.13. The predicted octanol–water partition coefficient (Wildman–Crippen LogP) is 1.83. The fourth-order valence-corrected chi connectivity index (χ4v) is 3.31. The lowest BCUT2D eigenvalue weighted by atomic mass is 9.97. The summed E-state index contributed by atoms with van der Waals surface area (Å²) in [6.45, 7) is 0. The van der Waals surface area contributed by atoms with Gasteiger partial charge in [0.2, 0.25) is 10.0 Å². The second-order valence-corrected chi connectivity index (χ2v) is 6.60. The fourth-order valence-electron chi connectivity index (χ4n) is 2.54. The van der Waals surface area contributed by atoms with Crippen molar-refractivity contribution >= 4 is 26.6 Å². The summed E-state index contributed by atoms with van der Waals surface area (Å²) in [7, 11) is -3.98. The number of amidine groups is 1. The molecule has 116 valence electrons. The molecule has 0 aliphatic heterocycles. The van der Waals surface area contributed by atoms with Gasteiger partial charge >= 0.3 is 0 Å². The van der Waals surface area contributed by atoms with E-state index in [1.54, 1.807) is 24.5 Å². The highest BCUT2D eigenvalue weighted by molar-refractivity contribution is 7.89. The van der Waals surface area contributed by atoms with Gasteiger partial charge in [-0.15, -0.1) is 0 Å². The number of sulfonamides is 1. The van der Waals surface area contributed by atoms with E-state index in [-0.39, 0.29) is 16.3 Å². The van der Waals surface area contributed by atoms with Crippen molar-refractivity contribution in [1.29, 1.82) is 5.41 Å². The zero-order chi connectivity index (χ0) is 16.6. The van der Waals surface area contributed by atoms with Crippen molar-refractivity contribution < 1.29 is 8.42 Å². The highest BCUT2D eigenvalue weighted by atomic mass is 32.2. The van der Waals surface area contributed by atoms with Crippen molar-refractivity contribution in [2.75, 3.05) is 0 Å². The number of rotatable bonds is 3. The van der Waals surface area contributed by atoms with Crippen LogP contribution in [-0.2, 0) is 10.0 Å². The van der Waals surface area contributed by atoms with E-state index in [1.165, 1.54) is 6.07 Å². The van der Waals surface area contributed by atoms with Crippen LogP contribution in [0, 0.1) is 5.41 Å². The molecule has 23 heavy (non-hydrogen) atoms. The van der Waals surface area contributed by atoms with Crippen molar-refractivity contribution in [2.45, 2.75) is 4.90 Å². The summed E-state index contributed by atoms with van der Waals surface area (Å²) >= 11 is 0. The number of benzene rings is 2. The van der Waals surface area contributed by atoms with E-state index in [2.05, 4.69) is 4.98 Å². The van der Waals surface area contributed by atoms with Gasteiger partial charge in [-0.25, -0.2) is 13.6 Å². The Balaban J connectivity index is 2.32. The molecule has 0 radical (unpaired) electrons. The molecule has 0 aliphatic carbocycles. The molecule has 1 heterocycles. The summed E-state index contributed by atoms with van der Waals surface area (Å²) < 4.78 is 23.5. The largest absolute Gasteiger partial charge is 0.384 e. The summed E-state index contributed by atoms with van der Waals surface area (Å²) in [5.41, 5.74) is 7.00. The van der Waals surface area contributed by atoms with Crippen LogP contribution in [0.1, 0.15) is 5.56 Å². The summed E-state index contributed by atoms with van der Waals surface area (Å²) in [6.07, 6.45) is 3.42. The van der Waals surface area contributed by atoms with Crippen LogP contribution in [-0.4, -0.2) is 19.2 Å². The second kappa shape index (κ2) is 5.45. The SMILES string of the molecule is N=C(N)c1c(-c2ccc3ccncc3c2)cccc1S(N)(=O)=O. The molecule has 6 nitrogen and oxygen atoms in total. The smallest absolute Gasteiger partial charge is 0.238 e. The second-order valence-electron chi connectivity index (χ2n) is 5.07. The molecule has 0 saturated heterocycles.